The van der Waals surface area contributed by atoms with Gasteiger partial charge in [0, 0.05) is 18.2 Å². The summed E-state index contributed by atoms with van der Waals surface area (Å²) in [4.78, 5) is 25.3. The van der Waals surface area contributed by atoms with Gasteiger partial charge in [-0.1, -0.05) is 26.0 Å². The highest BCUT2D eigenvalue weighted by molar-refractivity contribution is 5.96. The van der Waals surface area contributed by atoms with Crippen molar-refractivity contribution in [2.75, 3.05) is 0 Å². The number of nitrogens with one attached hydrogen (secondary N) is 1. The quantitative estimate of drug-likeness (QED) is 0.830. The molecule has 0 bridgehead atoms. The molecule has 2 fully saturated rings. The molecule has 2 aliphatic carbocycles. The minimum atomic E-state index is -0.582. The Balaban J connectivity index is 1.88. The topological polar surface area (TPSA) is 88.6 Å². The Morgan fingerprint density at radius 1 is 1.38 bits per heavy atom. The van der Waals surface area contributed by atoms with Crippen LogP contribution in [0.1, 0.15) is 55.5 Å². The van der Waals surface area contributed by atoms with E-state index >= 15 is 0 Å². The highest BCUT2D eigenvalue weighted by atomic mass is 16.3. The van der Waals surface area contributed by atoms with E-state index in [4.69, 9.17) is 0 Å². The molecule has 0 atom stereocenters. The van der Waals surface area contributed by atoms with E-state index in [1.807, 2.05) is 19.9 Å². The van der Waals surface area contributed by atoms with Crippen LogP contribution in [0.3, 0.4) is 0 Å². The SMILES string of the molecule is CC(C)Cn1c(O)c(C(=O)NC2CC2)c(=O)n2ncc(/C=C/C3CC3)c12. The molecule has 7 nitrogen and oxygen atoms in total. The van der Waals surface area contributed by atoms with Crippen molar-refractivity contribution in [3.63, 3.8) is 0 Å². The lowest BCUT2D eigenvalue weighted by Crippen LogP contribution is -2.34. The van der Waals surface area contributed by atoms with Gasteiger partial charge in [0.05, 0.1) is 6.20 Å². The van der Waals surface area contributed by atoms with Crippen molar-refractivity contribution in [2.24, 2.45) is 11.8 Å². The number of carbonyl (C=O) groups is 1. The van der Waals surface area contributed by atoms with Crippen LogP contribution in [0.5, 0.6) is 5.88 Å². The van der Waals surface area contributed by atoms with E-state index in [9.17, 15) is 14.7 Å². The van der Waals surface area contributed by atoms with Crippen molar-refractivity contribution in [3.05, 3.63) is 33.8 Å². The molecule has 4 rings (SSSR count). The highest BCUT2D eigenvalue weighted by Crippen LogP contribution is 2.31. The summed E-state index contributed by atoms with van der Waals surface area (Å²) < 4.78 is 2.87. The van der Waals surface area contributed by atoms with Crippen LogP contribution in [0.2, 0.25) is 0 Å². The lowest BCUT2D eigenvalue weighted by Gasteiger charge is -2.17. The summed E-state index contributed by atoms with van der Waals surface area (Å²) in [6.07, 6.45) is 9.89. The van der Waals surface area contributed by atoms with Gasteiger partial charge < -0.3 is 10.4 Å². The number of rotatable bonds is 6. The number of fused-ring (bicyclic) bond motifs is 1. The largest absolute Gasteiger partial charge is 0.494 e. The molecule has 2 aromatic heterocycles. The van der Waals surface area contributed by atoms with Gasteiger partial charge in [0.1, 0.15) is 5.65 Å². The van der Waals surface area contributed by atoms with Gasteiger partial charge in [-0.2, -0.15) is 9.61 Å². The molecule has 2 heterocycles. The van der Waals surface area contributed by atoms with Crippen LogP contribution in [0.4, 0.5) is 0 Å². The molecule has 2 N–H and O–H groups in total. The predicted molar refractivity (Wildman–Crippen MR) is 98.2 cm³/mol. The standard InChI is InChI=1S/C19H24N4O3/c1-11(2)10-22-17-13(6-5-12-3-4-12)9-20-23(17)19(26)15(18(22)25)16(24)21-14-7-8-14/h5-6,9,11-12,14,25H,3-4,7-8,10H2,1-2H3,(H,21,24)/b6-5+. The molecule has 0 aliphatic heterocycles. The number of hydrogen-bond acceptors (Lipinski definition) is 4. The van der Waals surface area contributed by atoms with E-state index in [0.29, 0.717) is 18.1 Å². The molecular formula is C19H24N4O3. The van der Waals surface area contributed by atoms with E-state index in [-0.39, 0.29) is 23.4 Å². The second kappa shape index (κ2) is 6.30. The third-order valence-corrected chi connectivity index (χ3v) is 4.77. The first-order valence-corrected chi connectivity index (χ1v) is 9.28. The number of allylic oxidation sites excluding steroid dienone is 1. The Kier molecular flexibility index (Phi) is 4.09. The maximum absolute atomic E-state index is 12.8. The van der Waals surface area contributed by atoms with E-state index < -0.39 is 11.5 Å². The molecule has 0 aromatic carbocycles. The fourth-order valence-electron chi connectivity index (χ4n) is 3.08. The first kappa shape index (κ1) is 16.9. The van der Waals surface area contributed by atoms with Crippen molar-refractivity contribution in [1.29, 1.82) is 0 Å². The van der Waals surface area contributed by atoms with Gasteiger partial charge in [0.2, 0.25) is 5.88 Å². The zero-order valence-electron chi connectivity index (χ0n) is 15.1. The van der Waals surface area contributed by atoms with E-state index in [1.165, 1.54) is 17.4 Å². The van der Waals surface area contributed by atoms with Gasteiger partial charge in [-0.25, -0.2) is 0 Å². The molecule has 138 valence electrons. The molecule has 0 radical (unpaired) electrons. The first-order valence-electron chi connectivity index (χ1n) is 9.28. The average Bonchev–Trinajstić information content (AvgIpc) is 3.50. The van der Waals surface area contributed by atoms with Crippen molar-refractivity contribution in [2.45, 2.75) is 52.1 Å². The molecule has 0 saturated heterocycles. The average molecular weight is 356 g/mol. The zero-order chi connectivity index (χ0) is 18.4. The van der Waals surface area contributed by atoms with Crippen LogP contribution < -0.4 is 10.9 Å². The van der Waals surface area contributed by atoms with Crippen LogP contribution in [-0.4, -0.2) is 31.2 Å². The summed E-state index contributed by atoms with van der Waals surface area (Å²) in [7, 11) is 0. The summed E-state index contributed by atoms with van der Waals surface area (Å²) >= 11 is 0. The van der Waals surface area contributed by atoms with Crippen LogP contribution in [-0.2, 0) is 6.54 Å². The predicted octanol–water partition coefficient (Wildman–Crippen LogP) is 2.17. The summed E-state index contributed by atoms with van der Waals surface area (Å²) in [5.41, 5.74) is 0.493. The van der Waals surface area contributed by atoms with Crippen LogP contribution in [0.25, 0.3) is 11.7 Å². The Bertz CT molecular complexity index is 946. The van der Waals surface area contributed by atoms with Crippen molar-refractivity contribution in [3.8, 4) is 5.88 Å². The zero-order valence-corrected chi connectivity index (χ0v) is 15.1. The fourth-order valence-corrected chi connectivity index (χ4v) is 3.08. The van der Waals surface area contributed by atoms with Crippen LogP contribution in [0.15, 0.2) is 17.1 Å². The molecule has 26 heavy (non-hydrogen) atoms. The van der Waals surface area contributed by atoms with Crippen LogP contribution in [0, 0.1) is 11.8 Å². The van der Waals surface area contributed by atoms with Gasteiger partial charge in [0.15, 0.2) is 5.56 Å². The normalized spacial score (nSPS) is 17.5. The van der Waals surface area contributed by atoms with Gasteiger partial charge in [-0.3, -0.25) is 14.2 Å². The van der Waals surface area contributed by atoms with E-state index in [2.05, 4.69) is 16.5 Å². The maximum Gasteiger partial charge on any atom is 0.291 e. The van der Waals surface area contributed by atoms with Gasteiger partial charge in [-0.05, 0) is 37.5 Å². The second-order valence-corrected chi connectivity index (χ2v) is 7.79. The monoisotopic (exact) mass is 356 g/mol. The maximum atomic E-state index is 12.8. The first-order chi connectivity index (χ1) is 12.5. The van der Waals surface area contributed by atoms with E-state index in [1.54, 1.807) is 10.8 Å². The summed E-state index contributed by atoms with van der Waals surface area (Å²) in [5, 5.41) is 17.8. The smallest absolute Gasteiger partial charge is 0.291 e. The lowest BCUT2D eigenvalue weighted by atomic mass is 10.2. The fraction of sp³-hybridized carbons (Fsp3) is 0.526. The minimum Gasteiger partial charge on any atom is -0.494 e. The third-order valence-electron chi connectivity index (χ3n) is 4.77. The van der Waals surface area contributed by atoms with Gasteiger partial charge >= 0.3 is 0 Å². The number of aromatic hydroxyl groups is 1. The molecule has 0 spiro atoms. The molecular weight excluding hydrogens is 332 g/mol. The number of hydrogen-bond donors (Lipinski definition) is 2. The Morgan fingerprint density at radius 2 is 2.12 bits per heavy atom. The number of amides is 1. The number of aromatic nitrogens is 3. The Labute approximate surface area is 151 Å². The minimum absolute atomic E-state index is 0.102. The number of carbonyl (C=O) groups excluding carboxylic acids is 1. The second-order valence-electron chi connectivity index (χ2n) is 7.79. The highest BCUT2D eigenvalue weighted by Gasteiger charge is 2.29. The summed E-state index contributed by atoms with van der Waals surface area (Å²) in [6, 6.07) is 0.102. The molecule has 2 saturated carbocycles. The molecule has 7 heteroatoms. The van der Waals surface area contributed by atoms with Gasteiger partial charge in [0.25, 0.3) is 11.5 Å². The van der Waals surface area contributed by atoms with E-state index in [0.717, 1.165) is 18.4 Å². The third kappa shape index (κ3) is 3.13. The molecule has 2 aromatic rings. The van der Waals surface area contributed by atoms with Crippen molar-refractivity contribution >= 4 is 17.6 Å². The van der Waals surface area contributed by atoms with Crippen molar-refractivity contribution in [1.82, 2.24) is 19.5 Å². The summed E-state index contributed by atoms with van der Waals surface area (Å²) in [6.45, 7) is 4.53. The van der Waals surface area contributed by atoms with Crippen molar-refractivity contribution < 1.29 is 9.90 Å². The molecule has 2 aliphatic rings. The molecule has 1 amide bonds. The van der Waals surface area contributed by atoms with Crippen LogP contribution >= 0.6 is 0 Å². The number of nitrogens with zero attached hydrogens (tertiary/aromatic N) is 3. The molecule has 0 unspecified atom stereocenters. The Hall–Kier alpha value is -2.57. The lowest BCUT2D eigenvalue weighted by molar-refractivity contribution is 0.0944. The van der Waals surface area contributed by atoms with Gasteiger partial charge in [-0.15, -0.1) is 0 Å². The summed E-state index contributed by atoms with van der Waals surface area (Å²) in [5.74, 6) is 0.00465. The Morgan fingerprint density at radius 3 is 2.73 bits per heavy atom.